The van der Waals surface area contributed by atoms with Crippen LogP contribution in [-0.4, -0.2) is 16.4 Å². The van der Waals surface area contributed by atoms with Crippen molar-refractivity contribution >= 4 is 6.16 Å². The lowest BCUT2D eigenvalue weighted by Crippen LogP contribution is -1.81. The van der Waals surface area contributed by atoms with E-state index in [1.807, 2.05) is 0 Å². The first-order chi connectivity index (χ1) is 9.56. The maximum absolute atomic E-state index is 8.56. The molecule has 2 N–H and O–H groups in total. The van der Waals surface area contributed by atoms with Crippen LogP contribution in [0.5, 0.6) is 0 Å². The summed E-state index contributed by atoms with van der Waals surface area (Å²) >= 11 is 0. The Morgan fingerprint density at radius 2 is 0.700 bits per heavy atom. The van der Waals surface area contributed by atoms with Crippen LogP contribution in [-0.2, 0) is 0 Å². The molecule has 0 aromatic rings. The highest BCUT2D eigenvalue weighted by molar-refractivity contribution is 5.53. The Kier molecular flexibility index (Phi) is 32.5. The number of hydrogen-bond acceptors (Lipinski definition) is 1. The molecule has 0 fully saturated rings. The van der Waals surface area contributed by atoms with Gasteiger partial charge in [-0.05, 0) is 0 Å². The maximum Gasteiger partial charge on any atom is 0.503 e. The molecule has 0 rings (SSSR count). The summed E-state index contributed by atoms with van der Waals surface area (Å²) in [5.41, 5.74) is 0. The summed E-state index contributed by atoms with van der Waals surface area (Å²) < 4.78 is 0. The van der Waals surface area contributed by atoms with Gasteiger partial charge >= 0.3 is 6.16 Å². The van der Waals surface area contributed by atoms with Crippen LogP contribution < -0.4 is 0 Å². The summed E-state index contributed by atoms with van der Waals surface area (Å²) in [4.78, 5) is 8.56. The van der Waals surface area contributed by atoms with Gasteiger partial charge < -0.3 is 10.2 Å². The van der Waals surface area contributed by atoms with E-state index in [2.05, 4.69) is 27.7 Å². The zero-order valence-electron chi connectivity index (χ0n) is 14.3. The van der Waals surface area contributed by atoms with Gasteiger partial charge in [0.15, 0.2) is 0 Å². The molecule has 0 atom stereocenters. The molecule has 0 aliphatic carbocycles. The summed E-state index contributed by atoms with van der Waals surface area (Å²) in [5, 5.41) is 13.9. The maximum atomic E-state index is 8.56. The molecule has 0 saturated carbocycles. The highest BCUT2D eigenvalue weighted by atomic mass is 16.6. The predicted octanol–water partition coefficient (Wildman–Crippen LogP) is 6.96. The van der Waals surface area contributed by atoms with Crippen molar-refractivity contribution in [2.24, 2.45) is 0 Å². The van der Waals surface area contributed by atoms with E-state index in [0.29, 0.717) is 0 Å². The molecular formula is C17H38O3. The minimum absolute atomic E-state index is 1.36. The van der Waals surface area contributed by atoms with Crippen molar-refractivity contribution < 1.29 is 15.0 Å². The summed E-state index contributed by atoms with van der Waals surface area (Å²) in [5.74, 6) is 0. The number of rotatable bonds is 10. The third kappa shape index (κ3) is 53.2. The molecule has 124 valence electrons. The van der Waals surface area contributed by atoms with Gasteiger partial charge in [-0.25, -0.2) is 4.79 Å². The first-order valence-corrected chi connectivity index (χ1v) is 8.48. The van der Waals surface area contributed by atoms with Gasteiger partial charge in [0.2, 0.25) is 0 Å². The third-order valence-corrected chi connectivity index (χ3v) is 2.91. The van der Waals surface area contributed by atoms with Crippen molar-refractivity contribution in [2.75, 3.05) is 0 Å². The number of carboxylic acid groups (broad SMARTS) is 2. The van der Waals surface area contributed by atoms with Crippen LogP contribution in [0, 0.1) is 0 Å². The van der Waals surface area contributed by atoms with Gasteiger partial charge in [0, 0.05) is 0 Å². The fourth-order valence-corrected chi connectivity index (χ4v) is 1.71. The monoisotopic (exact) mass is 290 g/mol. The van der Waals surface area contributed by atoms with Crippen molar-refractivity contribution in [3.63, 3.8) is 0 Å². The van der Waals surface area contributed by atoms with E-state index in [-0.39, 0.29) is 0 Å². The minimum atomic E-state index is -1.83. The Labute approximate surface area is 126 Å². The third-order valence-electron chi connectivity index (χ3n) is 2.91. The predicted molar refractivity (Wildman–Crippen MR) is 88.8 cm³/mol. The Balaban J connectivity index is -0.000000230. The molecule has 3 nitrogen and oxygen atoms in total. The minimum Gasteiger partial charge on any atom is -0.450 e. The van der Waals surface area contributed by atoms with Crippen LogP contribution in [0.2, 0.25) is 0 Å². The molecule has 0 aromatic heterocycles. The van der Waals surface area contributed by atoms with Gasteiger partial charge in [0.05, 0.1) is 0 Å². The van der Waals surface area contributed by atoms with Gasteiger partial charge in [-0.3, -0.25) is 0 Å². The number of carbonyl (C=O) groups is 1. The van der Waals surface area contributed by atoms with Gasteiger partial charge in [-0.2, -0.15) is 0 Å². The first kappa shape index (κ1) is 24.3. The fourth-order valence-electron chi connectivity index (χ4n) is 1.71. The Bertz CT molecular complexity index is 130. The largest absolute Gasteiger partial charge is 0.503 e. The highest BCUT2D eigenvalue weighted by Gasteiger charge is 1.84. The van der Waals surface area contributed by atoms with E-state index in [0.717, 1.165) is 0 Å². The molecule has 20 heavy (non-hydrogen) atoms. The lowest BCUT2D eigenvalue weighted by molar-refractivity contribution is 0.137. The summed E-state index contributed by atoms with van der Waals surface area (Å²) in [7, 11) is 0. The molecule has 0 spiro atoms. The van der Waals surface area contributed by atoms with E-state index in [9.17, 15) is 0 Å². The molecule has 0 aliphatic heterocycles. The normalized spacial score (nSPS) is 9.00. The number of hydrogen-bond donors (Lipinski definition) is 2. The summed E-state index contributed by atoms with van der Waals surface area (Å²) in [6, 6.07) is 0. The van der Waals surface area contributed by atoms with Crippen molar-refractivity contribution in [2.45, 2.75) is 105 Å². The lowest BCUT2D eigenvalue weighted by Gasteiger charge is -1.93. The second kappa shape index (κ2) is 26.8. The van der Waals surface area contributed by atoms with Crippen LogP contribution in [0.3, 0.4) is 0 Å². The average Bonchev–Trinajstić information content (AvgIpc) is 2.40. The zero-order valence-corrected chi connectivity index (χ0v) is 14.3. The van der Waals surface area contributed by atoms with Crippen LogP contribution in [0.15, 0.2) is 0 Å². The van der Waals surface area contributed by atoms with E-state index in [4.69, 9.17) is 15.0 Å². The molecular weight excluding hydrogens is 252 g/mol. The quantitative estimate of drug-likeness (QED) is 0.428. The Morgan fingerprint density at radius 3 is 0.800 bits per heavy atom. The molecule has 0 radical (unpaired) electrons. The average molecular weight is 290 g/mol. The first-order valence-electron chi connectivity index (χ1n) is 8.48. The molecule has 0 aliphatic rings. The van der Waals surface area contributed by atoms with Gasteiger partial charge in [-0.15, -0.1) is 0 Å². The van der Waals surface area contributed by atoms with Crippen LogP contribution in [0.25, 0.3) is 0 Å². The van der Waals surface area contributed by atoms with E-state index in [1.165, 1.54) is 77.0 Å². The summed E-state index contributed by atoms with van der Waals surface area (Å²) in [6.07, 6.45) is 15.1. The Hall–Kier alpha value is -0.730. The molecule has 0 unspecified atom stereocenters. The fraction of sp³-hybridized carbons (Fsp3) is 0.941. The molecule has 3 heteroatoms. The molecule has 0 aromatic carbocycles. The van der Waals surface area contributed by atoms with Crippen LogP contribution >= 0.6 is 0 Å². The SMILES string of the molecule is CCCCCCCC.CCCCCCCC.O=C(O)O. The van der Waals surface area contributed by atoms with Gasteiger partial charge in [0.25, 0.3) is 0 Å². The lowest BCUT2D eigenvalue weighted by atomic mass is 10.1. The summed E-state index contributed by atoms with van der Waals surface area (Å²) in [6.45, 7) is 9.02. The van der Waals surface area contributed by atoms with E-state index >= 15 is 0 Å². The second-order valence-electron chi connectivity index (χ2n) is 5.11. The van der Waals surface area contributed by atoms with Crippen LogP contribution in [0.1, 0.15) is 105 Å². The molecule has 0 saturated heterocycles. The van der Waals surface area contributed by atoms with E-state index < -0.39 is 6.16 Å². The van der Waals surface area contributed by atoms with Gasteiger partial charge in [-0.1, -0.05) is 105 Å². The second-order valence-corrected chi connectivity index (χ2v) is 5.11. The van der Waals surface area contributed by atoms with Crippen molar-refractivity contribution in [3.8, 4) is 0 Å². The molecule has 0 heterocycles. The van der Waals surface area contributed by atoms with E-state index in [1.54, 1.807) is 0 Å². The van der Waals surface area contributed by atoms with Crippen LogP contribution in [0.4, 0.5) is 4.79 Å². The zero-order chi connectivity index (χ0) is 16.1. The standard InChI is InChI=1S/2C8H18.CH2O3/c2*1-3-5-7-8-6-4-2;2-1(3)4/h2*3-8H2,1-2H3;(H2,2,3,4). The van der Waals surface area contributed by atoms with Gasteiger partial charge in [0.1, 0.15) is 0 Å². The molecule has 0 bridgehead atoms. The number of unbranched alkanes of at least 4 members (excludes halogenated alkanes) is 10. The highest BCUT2D eigenvalue weighted by Crippen LogP contribution is 2.04. The Morgan fingerprint density at radius 1 is 0.550 bits per heavy atom. The molecule has 0 amide bonds. The van der Waals surface area contributed by atoms with Crippen molar-refractivity contribution in [3.05, 3.63) is 0 Å². The smallest absolute Gasteiger partial charge is 0.450 e. The van der Waals surface area contributed by atoms with Crippen molar-refractivity contribution in [1.29, 1.82) is 0 Å². The topological polar surface area (TPSA) is 57.5 Å². The van der Waals surface area contributed by atoms with Crippen molar-refractivity contribution in [1.82, 2.24) is 0 Å².